The number of nitrogens with one attached hydrogen (secondary N) is 1. The Kier molecular flexibility index (Phi) is 6.70. The molecule has 0 fully saturated rings. The summed E-state index contributed by atoms with van der Waals surface area (Å²) in [6, 6.07) is -0.827. The number of hydrogen-bond acceptors (Lipinski definition) is 6. The predicted octanol–water partition coefficient (Wildman–Crippen LogP) is 1.00. The first kappa shape index (κ1) is 18.4. The summed E-state index contributed by atoms with van der Waals surface area (Å²) in [6.07, 6.45) is 1.27. The maximum atomic E-state index is 11.6. The van der Waals surface area contributed by atoms with E-state index in [0.717, 1.165) is 11.7 Å². The molecule has 0 aromatic carbocycles. The average molecular weight is 307 g/mol. The topological polar surface area (TPSA) is 98.8 Å². The SMILES string of the molecule is COC(=O)CC(C=CS(C)(=O)=O)NC(=O)OC(C)(C)C. The number of rotatable bonds is 5. The van der Waals surface area contributed by atoms with Crippen LogP contribution in [0.1, 0.15) is 27.2 Å². The summed E-state index contributed by atoms with van der Waals surface area (Å²) in [5.41, 5.74) is -0.694. The molecule has 1 N–H and O–H groups in total. The number of sulfone groups is 1. The molecule has 1 atom stereocenters. The Labute approximate surface area is 119 Å². The highest BCUT2D eigenvalue weighted by molar-refractivity contribution is 7.93. The number of alkyl carbamates (subject to hydrolysis) is 1. The van der Waals surface area contributed by atoms with Crippen molar-refractivity contribution < 1.29 is 27.5 Å². The zero-order chi connectivity index (χ0) is 16.0. The minimum Gasteiger partial charge on any atom is -0.469 e. The van der Waals surface area contributed by atoms with Gasteiger partial charge < -0.3 is 14.8 Å². The first-order valence-corrected chi connectivity index (χ1v) is 7.83. The molecule has 8 heteroatoms. The molecule has 0 heterocycles. The molecule has 0 saturated heterocycles. The molecule has 0 radical (unpaired) electrons. The van der Waals surface area contributed by atoms with Gasteiger partial charge in [0.15, 0.2) is 9.84 Å². The molecule has 1 amide bonds. The second kappa shape index (κ2) is 7.28. The van der Waals surface area contributed by atoms with Crippen LogP contribution in [0.25, 0.3) is 0 Å². The fourth-order valence-electron chi connectivity index (χ4n) is 1.13. The van der Waals surface area contributed by atoms with Gasteiger partial charge in [0.05, 0.1) is 19.6 Å². The van der Waals surface area contributed by atoms with E-state index in [4.69, 9.17) is 4.74 Å². The van der Waals surface area contributed by atoms with E-state index in [-0.39, 0.29) is 6.42 Å². The molecule has 7 nitrogen and oxygen atoms in total. The molecule has 20 heavy (non-hydrogen) atoms. The van der Waals surface area contributed by atoms with Gasteiger partial charge in [-0.3, -0.25) is 4.79 Å². The van der Waals surface area contributed by atoms with Crippen molar-refractivity contribution >= 4 is 21.9 Å². The quantitative estimate of drug-likeness (QED) is 0.761. The summed E-state index contributed by atoms with van der Waals surface area (Å²) in [4.78, 5) is 22.8. The maximum Gasteiger partial charge on any atom is 0.408 e. The molecular formula is C12H21NO6S. The second-order valence-electron chi connectivity index (χ2n) is 5.19. The summed E-state index contributed by atoms with van der Waals surface area (Å²) in [7, 11) is -2.16. The fourth-order valence-corrected chi connectivity index (χ4v) is 1.60. The zero-order valence-electron chi connectivity index (χ0n) is 12.3. The summed E-state index contributed by atoms with van der Waals surface area (Å²) in [6.45, 7) is 5.07. The van der Waals surface area contributed by atoms with Crippen molar-refractivity contribution in [3.8, 4) is 0 Å². The molecule has 0 aromatic rings. The maximum absolute atomic E-state index is 11.6. The normalized spacial score (nSPS) is 13.8. The van der Waals surface area contributed by atoms with Gasteiger partial charge in [-0.1, -0.05) is 6.08 Å². The van der Waals surface area contributed by atoms with E-state index < -0.39 is 33.5 Å². The van der Waals surface area contributed by atoms with Gasteiger partial charge in [0.1, 0.15) is 5.60 Å². The van der Waals surface area contributed by atoms with Crippen LogP contribution in [0.2, 0.25) is 0 Å². The summed E-state index contributed by atoms with van der Waals surface area (Å²) < 4.78 is 31.6. The van der Waals surface area contributed by atoms with Crippen LogP contribution in [0.4, 0.5) is 4.79 Å². The zero-order valence-corrected chi connectivity index (χ0v) is 13.1. The molecular weight excluding hydrogens is 286 g/mol. The lowest BCUT2D eigenvalue weighted by Crippen LogP contribution is -2.39. The Morgan fingerprint density at radius 3 is 2.25 bits per heavy atom. The third-order valence-corrected chi connectivity index (χ3v) is 2.53. The van der Waals surface area contributed by atoms with Gasteiger partial charge >= 0.3 is 12.1 Å². The number of methoxy groups -OCH3 is 1. The second-order valence-corrected chi connectivity index (χ2v) is 7.12. The average Bonchev–Trinajstić information content (AvgIpc) is 2.21. The molecule has 0 aliphatic heterocycles. The van der Waals surface area contributed by atoms with Crippen LogP contribution in [-0.2, 0) is 24.1 Å². The van der Waals surface area contributed by atoms with E-state index >= 15 is 0 Å². The van der Waals surface area contributed by atoms with Crippen LogP contribution in [-0.4, -0.2) is 45.5 Å². The van der Waals surface area contributed by atoms with E-state index in [9.17, 15) is 18.0 Å². The van der Waals surface area contributed by atoms with Gasteiger partial charge in [0.2, 0.25) is 0 Å². The molecule has 0 rings (SSSR count). The van der Waals surface area contributed by atoms with Crippen molar-refractivity contribution in [3.63, 3.8) is 0 Å². The summed E-state index contributed by atoms with van der Waals surface area (Å²) >= 11 is 0. The third-order valence-electron chi connectivity index (χ3n) is 1.87. The first-order chi connectivity index (χ1) is 8.93. The van der Waals surface area contributed by atoms with Gasteiger partial charge in [-0.05, 0) is 20.8 Å². The van der Waals surface area contributed by atoms with Crippen LogP contribution >= 0.6 is 0 Å². The van der Waals surface area contributed by atoms with Crippen molar-refractivity contribution in [3.05, 3.63) is 11.5 Å². The van der Waals surface area contributed by atoms with E-state index in [1.54, 1.807) is 20.8 Å². The van der Waals surface area contributed by atoms with Gasteiger partial charge in [0, 0.05) is 11.7 Å². The number of ether oxygens (including phenoxy) is 2. The molecule has 0 bridgehead atoms. The molecule has 116 valence electrons. The highest BCUT2D eigenvalue weighted by Crippen LogP contribution is 2.08. The predicted molar refractivity (Wildman–Crippen MR) is 73.8 cm³/mol. The number of carbonyl (C=O) groups is 2. The molecule has 0 spiro atoms. The Morgan fingerprint density at radius 2 is 1.85 bits per heavy atom. The van der Waals surface area contributed by atoms with Gasteiger partial charge in [-0.25, -0.2) is 13.2 Å². The van der Waals surface area contributed by atoms with Crippen molar-refractivity contribution in [2.24, 2.45) is 0 Å². The largest absolute Gasteiger partial charge is 0.469 e. The van der Waals surface area contributed by atoms with Crippen LogP contribution < -0.4 is 5.32 Å². The molecule has 0 aromatic heterocycles. The molecule has 0 aliphatic rings. The Bertz CT molecular complexity index is 475. The minimum atomic E-state index is -3.36. The van der Waals surface area contributed by atoms with Crippen LogP contribution in [0.3, 0.4) is 0 Å². The van der Waals surface area contributed by atoms with Crippen molar-refractivity contribution in [1.29, 1.82) is 0 Å². The summed E-state index contributed by atoms with van der Waals surface area (Å²) in [5, 5.41) is 3.31. The van der Waals surface area contributed by atoms with Crippen LogP contribution in [0, 0.1) is 0 Å². The number of hydrogen-bond donors (Lipinski definition) is 1. The number of amides is 1. The Morgan fingerprint density at radius 1 is 1.30 bits per heavy atom. The first-order valence-electron chi connectivity index (χ1n) is 5.87. The number of esters is 1. The lowest BCUT2D eigenvalue weighted by Gasteiger charge is -2.21. The van der Waals surface area contributed by atoms with Crippen LogP contribution in [0.15, 0.2) is 11.5 Å². The smallest absolute Gasteiger partial charge is 0.408 e. The molecule has 1 unspecified atom stereocenters. The van der Waals surface area contributed by atoms with E-state index in [1.807, 2.05) is 0 Å². The monoisotopic (exact) mass is 307 g/mol. The van der Waals surface area contributed by atoms with E-state index in [0.29, 0.717) is 0 Å². The third kappa shape index (κ3) is 10.4. The van der Waals surface area contributed by atoms with E-state index in [1.165, 1.54) is 13.2 Å². The standard InChI is InChI=1S/C12H21NO6S/c1-12(2,3)19-11(15)13-9(8-10(14)18-4)6-7-20(5,16)17/h6-7,9H,8H2,1-5H3,(H,13,15). The summed E-state index contributed by atoms with van der Waals surface area (Å²) in [5.74, 6) is -0.579. The highest BCUT2D eigenvalue weighted by atomic mass is 32.2. The van der Waals surface area contributed by atoms with E-state index in [2.05, 4.69) is 10.1 Å². The number of carbonyl (C=O) groups excluding carboxylic acids is 2. The lowest BCUT2D eigenvalue weighted by molar-refractivity contribution is -0.140. The van der Waals surface area contributed by atoms with Gasteiger partial charge in [0.25, 0.3) is 0 Å². The molecule has 0 aliphatic carbocycles. The van der Waals surface area contributed by atoms with Gasteiger partial charge in [-0.15, -0.1) is 0 Å². The van der Waals surface area contributed by atoms with Crippen molar-refractivity contribution in [2.45, 2.75) is 38.8 Å². The Balaban J connectivity index is 4.82. The lowest BCUT2D eigenvalue weighted by atomic mass is 10.2. The van der Waals surface area contributed by atoms with Gasteiger partial charge in [-0.2, -0.15) is 0 Å². The van der Waals surface area contributed by atoms with Crippen LogP contribution in [0.5, 0.6) is 0 Å². The highest BCUT2D eigenvalue weighted by Gasteiger charge is 2.20. The molecule has 0 saturated carbocycles. The van der Waals surface area contributed by atoms with Crippen molar-refractivity contribution in [1.82, 2.24) is 5.32 Å². The fraction of sp³-hybridized carbons (Fsp3) is 0.667. The van der Waals surface area contributed by atoms with Crippen molar-refractivity contribution in [2.75, 3.05) is 13.4 Å². The Hall–Kier alpha value is -1.57. The minimum absolute atomic E-state index is 0.193.